The molecule has 3 N–H and O–H groups in total. The van der Waals surface area contributed by atoms with Gasteiger partial charge in [-0.3, -0.25) is 0 Å². The van der Waals surface area contributed by atoms with Gasteiger partial charge in [0.25, 0.3) is 0 Å². The van der Waals surface area contributed by atoms with Crippen molar-refractivity contribution in [3.63, 3.8) is 0 Å². The lowest BCUT2D eigenvalue weighted by atomic mass is 10.3. The molecule has 0 saturated carbocycles. The Balaban J connectivity index is 2.19. The molecule has 0 amide bonds. The Morgan fingerprint density at radius 3 is 2.65 bits per heavy atom. The molecule has 9 heteroatoms. The van der Waals surface area contributed by atoms with Crippen LogP contribution in [0.15, 0.2) is 23.4 Å². The van der Waals surface area contributed by atoms with Gasteiger partial charge in [-0.15, -0.1) is 0 Å². The molecule has 0 aliphatic heterocycles. The van der Waals surface area contributed by atoms with Crippen LogP contribution in [0, 0.1) is 0 Å². The number of halogens is 3. The number of imidazole rings is 1. The van der Waals surface area contributed by atoms with E-state index in [0.29, 0.717) is 16.7 Å². The van der Waals surface area contributed by atoms with Crippen LogP contribution in [0.2, 0.25) is 0 Å². The standard InChI is InChI=1S/C11H12F3N3O2S/c12-11(13,14)4-1-5-20(18,19)10-16-8-3-2-7(15)6-9(8)17-10/h2-3,6H,1,4-5,15H2,(H,16,17). The highest BCUT2D eigenvalue weighted by molar-refractivity contribution is 7.91. The SMILES string of the molecule is Nc1ccc2nc(S(=O)(=O)CCCC(F)(F)F)[nH]c2c1. The van der Waals surface area contributed by atoms with Crippen molar-refractivity contribution >= 4 is 26.6 Å². The van der Waals surface area contributed by atoms with Crippen molar-refractivity contribution in [1.29, 1.82) is 0 Å². The van der Waals surface area contributed by atoms with E-state index in [9.17, 15) is 21.6 Å². The molecule has 0 aliphatic carbocycles. The molecule has 1 aromatic carbocycles. The quantitative estimate of drug-likeness (QED) is 0.848. The lowest BCUT2D eigenvalue weighted by Gasteiger charge is -2.05. The van der Waals surface area contributed by atoms with Crippen LogP contribution in [0.5, 0.6) is 0 Å². The number of nitrogens with zero attached hydrogens (tertiary/aromatic N) is 1. The summed E-state index contributed by atoms with van der Waals surface area (Å²) in [7, 11) is -3.86. The van der Waals surface area contributed by atoms with E-state index < -0.39 is 34.6 Å². The number of nitrogens with one attached hydrogen (secondary N) is 1. The van der Waals surface area contributed by atoms with Gasteiger partial charge in [-0.1, -0.05) is 0 Å². The number of hydrogen-bond donors (Lipinski definition) is 2. The predicted molar refractivity (Wildman–Crippen MR) is 67.8 cm³/mol. The third-order valence-corrected chi connectivity index (χ3v) is 4.26. The molecule has 0 fully saturated rings. The van der Waals surface area contributed by atoms with Crippen molar-refractivity contribution in [2.45, 2.75) is 24.2 Å². The summed E-state index contributed by atoms with van der Waals surface area (Å²) >= 11 is 0. The minimum Gasteiger partial charge on any atom is -0.399 e. The Bertz CT molecular complexity index is 722. The van der Waals surface area contributed by atoms with Crippen LogP contribution in [0.4, 0.5) is 18.9 Å². The van der Waals surface area contributed by atoms with Gasteiger partial charge in [0.15, 0.2) is 0 Å². The van der Waals surface area contributed by atoms with Crippen molar-refractivity contribution in [3.8, 4) is 0 Å². The summed E-state index contributed by atoms with van der Waals surface area (Å²) < 4.78 is 59.8. The molecular formula is C11H12F3N3O2S. The summed E-state index contributed by atoms with van der Waals surface area (Å²) in [4.78, 5) is 6.42. The van der Waals surface area contributed by atoms with E-state index in [0.717, 1.165) is 0 Å². The number of anilines is 1. The number of nitrogen functional groups attached to an aromatic ring is 1. The number of nitrogens with two attached hydrogens (primary N) is 1. The summed E-state index contributed by atoms with van der Waals surface area (Å²) in [5.41, 5.74) is 6.81. The number of hydrogen-bond acceptors (Lipinski definition) is 4. The Labute approximate surface area is 112 Å². The van der Waals surface area contributed by atoms with Gasteiger partial charge in [-0.25, -0.2) is 13.4 Å². The first-order valence-electron chi connectivity index (χ1n) is 5.72. The largest absolute Gasteiger partial charge is 0.399 e. The molecule has 1 heterocycles. The van der Waals surface area contributed by atoms with E-state index in [2.05, 4.69) is 9.97 Å². The zero-order chi connectivity index (χ0) is 15.0. The Morgan fingerprint density at radius 1 is 1.30 bits per heavy atom. The minimum atomic E-state index is -4.36. The fraction of sp³-hybridized carbons (Fsp3) is 0.364. The van der Waals surface area contributed by atoms with Gasteiger partial charge >= 0.3 is 6.18 Å². The third-order valence-electron chi connectivity index (χ3n) is 2.65. The van der Waals surface area contributed by atoms with E-state index in [1.807, 2.05) is 0 Å². The summed E-state index contributed by atoms with van der Waals surface area (Å²) in [6.45, 7) is 0. The summed E-state index contributed by atoms with van der Waals surface area (Å²) in [6, 6.07) is 4.61. The van der Waals surface area contributed by atoms with E-state index in [1.54, 1.807) is 6.07 Å². The third kappa shape index (κ3) is 3.41. The van der Waals surface area contributed by atoms with Crippen LogP contribution in [-0.4, -0.2) is 30.3 Å². The van der Waals surface area contributed by atoms with Gasteiger partial charge in [-0.2, -0.15) is 13.2 Å². The van der Waals surface area contributed by atoms with Crippen LogP contribution in [-0.2, 0) is 9.84 Å². The zero-order valence-corrected chi connectivity index (χ0v) is 11.1. The Hall–Kier alpha value is -1.77. The van der Waals surface area contributed by atoms with Crippen molar-refractivity contribution in [3.05, 3.63) is 18.2 Å². The Morgan fingerprint density at radius 2 is 2.00 bits per heavy atom. The first kappa shape index (κ1) is 14.6. The second kappa shape index (κ2) is 4.97. The molecule has 110 valence electrons. The van der Waals surface area contributed by atoms with E-state index >= 15 is 0 Å². The van der Waals surface area contributed by atoms with Gasteiger partial charge in [0.1, 0.15) is 0 Å². The normalized spacial score (nSPS) is 12.9. The number of H-pyrrole nitrogens is 1. The topological polar surface area (TPSA) is 88.8 Å². The number of sulfone groups is 1. The highest BCUT2D eigenvalue weighted by Gasteiger charge is 2.28. The van der Waals surface area contributed by atoms with Crippen LogP contribution in [0.25, 0.3) is 11.0 Å². The number of aromatic amines is 1. The molecule has 0 atom stereocenters. The van der Waals surface area contributed by atoms with Crippen LogP contribution in [0.3, 0.4) is 0 Å². The second-order valence-corrected chi connectivity index (χ2v) is 6.38. The zero-order valence-electron chi connectivity index (χ0n) is 10.2. The molecule has 5 nitrogen and oxygen atoms in total. The van der Waals surface area contributed by atoms with Crippen LogP contribution in [0.1, 0.15) is 12.8 Å². The average Bonchev–Trinajstić information content (AvgIpc) is 2.70. The maximum atomic E-state index is 12.0. The maximum Gasteiger partial charge on any atom is 0.389 e. The van der Waals surface area contributed by atoms with Crippen molar-refractivity contribution in [2.24, 2.45) is 0 Å². The van der Waals surface area contributed by atoms with Gasteiger partial charge in [0.05, 0.1) is 16.8 Å². The lowest BCUT2D eigenvalue weighted by Crippen LogP contribution is -2.13. The fourth-order valence-corrected chi connectivity index (χ4v) is 2.93. The van der Waals surface area contributed by atoms with Gasteiger partial charge in [-0.05, 0) is 24.6 Å². The van der Waals surface area contributed by atoms with Gasteiger partial charge in [0.2, 0.25) is 15.0 Å². The molecule has 20 heavy (non-hydrogen) atoms. The molecule has 0 bridgehead atoms. The molecule has 0 radical (unpaired) electrons. The predicted octanol–water partition coefficient (Wildman–Crippen LogP) is 2.26. The highest BCUT2D eigenvalue weighted by Crippen LogP contribution is 2.23. The number of aromatic nitrogens is 2. The molecule has 1 aromatic heterocycles. The van der Waals surface area contributed by atoms with E-state index in [4.69, 9.17) is 5.73 Å². The number of fused-ring (bicyclic) bond motifs is 1. The Kier molecular flexibility index (Phi) is 3.63. The molecule has 0 aliphatic rings. The second-order valence-electron chi connectivity index (χ2n) is 4.36. The van der Waals surface area contributed by atoms with Crippen molar-refractivity contribution in [1.82, 2.24) is 9.97 Å². The smallest absolute Gasteiger partial charge is 0.389 e. The summed E-state index contributed by atoms with van der Waals surface area (Å²) in [6.07, 6.45) is -6.00. The number of alkyl halides is 3. The fourth-order valence-electron chi connectivity index (χ4n) is 1.71. The molecule has 0 saturated heterocycles. The first-order valence-corrected chi connectivity index (χ1v) is 7.37. The average molecular weight is 307 g/mol. The van der Waals surface area contributed by atoms with Crippen LogP contribution >= 0.6 is 0 Å². The highest BCUT2D eigenvalue weighted by atomic mass is 32.2. The molecule has 2 rings (SSSR count). The minimum absolute atomic E-state index is 0.333. The summed E-state index contributed by atoms with van der Waals surface area (Å²) in [5, 5.41) is -0.333. The molecule has 0 spiro atoms. The molecular weight excluding hydrogens is 295 g/mol. The number of benzene rings is 1. The number of rotatable bonds is 4. The maximum absolute atomic E-state index is 12.0. The van der Waals surface area contributed by atoms with E-state index in [1.165, 1.54) is 12.1 Å². The molecule has 0 unspecified atom stereocenters. The summed E-state index contributed by atoms with van der Waals surface area (Å²) in [5.74, 6) is -0.609. The monoisotopic (exact) mass is 307 g/mol. The van der Waals surface area contributed by atoms with Gasteiger partial charge in [0, 0.05) is 12.1 Å². The lowest BCUT2D eigenvalue weighted by molar-refractivity contribution is -0.134. The molecule has 2 aromatic rings. The van der Waals surface area contributed by atoms with Crippen molar-refractivity contribution < 1.29 is 21.6 Å². The first-order chi connectivity index (χ1) is 9.17. The van der Waals surface area contributed by atoms with Gasteiger partial charge < -0.3 is 10.7 Å². The van der Waals surface area contributed by atoms with Crippen LogP contribution < -0.4 is 5.73 Å². The van der Waals surface area contributed by atoms with Crippen molar-refractivity contribution in [2.75, 3.05) is 11.5 Å². The van der Waals surface area contributed by atoms with E-state index in [-0.39, 0.29) is 5.16 Å².